The van der Waals surface area contributed by atoms with E-state index in [0.717, 1.165) is 5.56 Å². The molecular formula is C16H14O4. The smallest absolute Gasteiger partial charge is 0.201 e. The number of hydrogen-bond donors (Lipinski definition) is 2. The SMILES string of the molecule is Cc1cc(O)c(O)c2c1C(=O)CC(c1ccccc1)O2. The minimum absolute atomic E-state index is 0.0765. The Labute approximate surface area is 116 Å². The van der Waals surface area contributed by atoms with Crippen LogP contribution in [-0.4, -0.2) is 16.0 Å². The fraction of sp³-hybridized carbons (Fsp3) is 0.188. The van der Waals surface area contributed by atoms with Crippen LogP contribution in [0.2, 0.25) is 0 Å². The normalized spacial score (nSPS) is 17.4. The van der Waals surface area contributed by atoms with E-state index < -0.39 is 6.10 Å². The van der Waals surface area contributed by atoms with Crippen LogP contribution in [0.15, 0.2) is 36.4 Å². The molecule has 0 fully saturated rings. The van der Waals surface area contributed by atoms with Crippen molar-refractivity contribution in [2.75, 3.05) is 0 Å². The van der Waals surface area contributed by atoms with Crippen molar-refractivity contribution < 1.29 is 19.7 Å². The standard InChI is InChI=1S/C16H14O4/c1-9-7-12(18)15(19)16-14(9)11(17)8-13(20-16)10-5-3-2-4-6-10/h2-7,13,18-19H,8H2,1H3. The molecule has 0 aliphatic carbocycles. The average Bonchev–Trinajstić information content (AvgIpc) is 2.45. The topological polar surface area (TPSA) is 66.8 Å². The molecule has 20 heavy (non-hydrogen) atoms. The van der Waals surface area contributed by atoms with Gasteiger partial charge in [0.25, 0.3) is 0 Å². The Kier molecular flexibility index (Phi) is 2.86. The van der Waals surface area contributed by atoms with Crippen LogP contribution in [0.1, 0.15) is 34.0 Å². The van der Waals surface area contributed by atoms with Gasteiger partial charge in [-0.05, 0) is 24.1 Å². The lowest BCUT2D eigenvalue weighted by molar-refractivity contribution is 0.0840. The Morgan fingerprint density at radius 1 is 1.20 bits per heavy atom. The van der Waals surface area contributed by atoms with Gasteiger partial charge in [-0.15, -0.1) is 0 Å². The van der Waals surface area contributed by atoms with E-state index in [1.807, 2.05) is 30.3 Å². The molecule has 1 heterocycles. The van der Waals surface area contributed by atoms with Crippen molar-refractivity contribution in [1.82, 2.24) is 0 Å². The van der Waals surface area contributed by atoms with Crippen LogP contribution in [0.3, 0.4) is 0 Å². The second-order valence-electron chi connectivity index (χ2n) is 4.91. The van der Waals surface area contributed by atoms with Gasteiger partial charge >= 0.3 is 0 Å². The molecule has 4 nitrogen and oxygen atoms in total. The Balaban J connectivity index is 2.09. The molecule has 0 saturated carbocycles. The highest BCUT2D eigenvalue weighted by Crippen LogP contribution is 2.46. The molecule has 102 valence electrons. The van der Waals surface area contributed by atoms with Gasteiger partial charge in [-0.25, -0.2) is 0 Å². The van der Waals surface area contributed by atoms with E-state index >= 15 is 0 Å². The molecule has 1 atom stereocenters. The van der Waals surface area contributed by atoms with Crippen LogP contribution >= 0.6 is 0 Å². The van der Waals surface area contributed by atoms with Crippen LogP contribution in [-0.2, 0) is 0 Å². The molecule has 0 radical (unpaired) electrons. The third-order valence-corrected chi connectivity index (χ3v) is 3.51. The van der Waals surface area contributed by atoms with Gasteiger partial charge in [0.1, 0.15) is 6.10 Å². The van der Waals surface area contributed by atoms with Gasteiger partial charge in [0.2, 0.25) is 5.75 Å². The van der Waals surface area contributed by atoms with E-state index in [4.69, 9.17) is 4.74 Å². The molecule has 0 bridgehead atoms. The highest BCUT2D eigenvalue weighted by atomic mass is 16.5. The maximum atomic E-state index is 12.3. The minimum atomic E-state index is -0.441. The molecule has 0 saturated heterocycles. The molecule has 1 aliphatic heterocycles. The fourth-order valence-electron chi connectivity index (χ4n) is 2.53. The number of aromatic hydroxyl groups is 2. The van der Waals surface area contributed by atoms with Crippen molar-refractivity contribution in [2.45, 2.75) is 19.4 Å². The molecule has 0 aromatic heterocycles. The number of Topliss-reactive ketones (excluding diaryl/α,β-unsaturated/α-hetero) is 1. The number of phenolic OH excluding ortho intramolecular Hbond substituents is 2. The summed E-state index contributed by atoms with van der Waals surface area (Å²) in [5.74, 6) is -0.664. The number of ether oxygens (including phenoxy) is 1. The Morgan fingerprint density at radius 2 is 1.90 bits per heavy atom. The van der Waals surface area contributed by atoms with E-state index in [1.165, 1.54) is 6.07 Å². The zero-order valence-corrected chi connectivity index (χ0v) is 11.0. The highest BCUT2D eigenvalue weighted by molar-refractivity contribution is 6.02. The molecule has 4 heteroatoms. The number of phenols is 2. The number of hydrogen-bond acceptors (Lipinski definition) is 4. The molecule has 2 aromatic carbocycles. The molecule has 0 spiro atoms. The third kappa shape index (κ3) is 1.90. The van der Waals surface area contributed by atoms with E-state index in [-0.39, 0.29) is 29.5 Å². The Bertz CT molecular complexity index is 677. The molecule has 0 amide bonds. The lowest BCUT2D eigenvalue weighted by Gasteiger charge is -2.27. The molecule has 1 aliphatic rings. The van der Waals surface area contributed by atoms with Gasteiger partial charge in [0.15, 0.2) is 17.3 Å². The number of ketones is 1. The predicted octanol–water partition coefficient (Wildman–Crippen LogP) is 3.11. The van der Waals surface area contributed by atoms with Gasteiger partial charge in [-0.3, -0.25) is 4.79 Å². The Hall–Kier alpha value is -2.49. The van der Waals surface area contributed by atoms with Crippen molar-refractivity contribution >= 4 is 5.78 Å². The zero-order valence-electron chi connectivity index (χ0n) is 11.0. The van der Waals surface area contributed by atoms with E-state index in [0.29, 0.717) is 11.1 Å². The summed E-state index contributed by atoms with van der Waals surface area (Å²) in [4.78, 5) is 12.3. The number of rotatable bonds is 1. The molecule has 3 rings (SSSR count). The predicted molar refractivity (Wildman–Crippen MR) is 73.3 cm³/mol. The third-order valence-electron chi connectivity index (χ3n) is 3.51. The van der Waals surface area contributed by atoms with Crippen molar-refractivity contribution in [1.29, 1.82) is 0 Å². The number of carbonyl (C=O) groups excluding carboxylic acids is 1. The average molecular weight is 270 g/mol. The van der Waals surface area contributed by atoms with Crippen LogP contribution in [0, 0.1) is 6.92 Å². The summed E-state index contributed by atoms with van der Waals surface area (Å²) >= 11 is 0. The van der Waals surface area contributed by atoms with Crippen LogP contribution < -0.4 is 4.74 Å². The summed E-state index contributed by atoms with van der Waals surface area (Å²) in [6.07, 6.45) is -0.217. The van der Waals surface area contributed by atoms with Crippen molar-refractivity contribution in [3.8, 4) is 17.2 Å². The summed E-state index contributed by atoms with van der Waals surface area (Å²) in [7, 11) is 0. The van der Waals surface area contributed by atoms with Gasteiger partial charge < -0.3 is 14.9 Å². The maximum Gasteiger partial charge on any atom is 0.201 e. The molecular weight excluding hydrogens is 256 g/mol. The number of carbonyl (C=O) groups is 1. The quantitative estimate of drug-likeness (QED) is 0.781. The minimum Gasteiger partial charge on any atom is -0.504 e. The zero-order chi connectivity index (χ0) is 14.3. The van der Waals surface area contributed by atoms with Gasteiger partial charge in [0.05, 0.1) is 12.0 Å². The van der Waals surface area contributed by atoms with Crippen molar-refractivity contribution in [3.05, 3.63) is 53.1 Å². The fourth-order valence-corrected chi connectivity index (χ4v) is 2.53. The second-order valence-corrected chi connectivity index (χ2v) is 4.91. The molecule has 2 N–H and O–H groups in total. The second kappa shape index (κ2) is 4.56. The first-order valence-corrected chi connectivity index (χ1v) is 6.38. The van der Waals surface area contributed by atoms with E-state index in [2.05, 4.69) is 0 Å². The van der Waals surface area contributed by atoms with Gasteiger partial charge in [-0.2, -0.15) is 0 Å². The van der Waals surface area contributed by atoms with Crippen LogP contribution in [0.4, 0.5) is 0 Å². The highest BCUT2D eigenvalue weighted by Gasteiger charge is 2.32. The van der Waals surface area contributed by atoms with Crippen molar-refractivity contribution in [2.24, 2.45) is 0 Å². The lowest BCUT2D eigenvalue weighted by atomic mass is 9.93. The molecule has 2 aromatic rings. The summed E-state index contributed by atoms with van der Waals surface area (Å²) in [5.41, 5.74) is 1.83. The first-order chi connectivity index (χ1) is 9.58. The number of benzene rings is 2. The van der Waals surface area contributed by atoms with Crippen molar-refractivity contribution in [3.63, 3.8) is 0 Å². The first-order valence-electron chi connectivity index (χ1n) is 6.38. The van der Waals surface area contributed by atoms with Crippen LogP contribution in [0.25, 0.3) is 0 Å². The maximum absolute atomic E-state index is 12.3. The number of fused-ring (bicyclic) bond motifs is 1. The van der Waals surface area contributed by atoms with Crippen LogP contribution in [0.5, 0.6) is 17.2 Å². The summed E-state index contributed by atoms with van der Waals surface area (Å²) in [6.45, 7) is 1.71. The number of aryl methyl sites for hydroxylation is 1. The summed E-state index contributed by atoms with van der Waals surface area (Å²) in [5, 5.41) is 19.6. The Morgan fingerprint density at radius 3 is 2.60 bits per heavy atom. The first kappa shape index (κ1) is 12.5. The van der Waals surface area contributed by atoms with E-state index in [9.17, 15) is 15.0 Å². The van der Waals surface area contributed by atoms with Gasteiger partial charge in [0, 0.05) is 0 Å². The molecule has 1 unspecified atom stereocenters. The van der Waals surface area contributed by atoms with E-state index in [1.54, 1.807) is 6.92 Å². The summed E-state index contributed by atoms with van der Waals surface area (Å²) < 4.78 is 5.75. The largest absolute Gasteiger partial charge is 0.504 e. The van der Waals surface area contributed by atoms with Gasteiger partial charge in [-0.1, -0.05) is 30.3 Å². The summed E-state index contributed by atoms with van der Waals surface area (Å²) in [6, 6.07) is 10.7. The monoisotopic (exact) mass is 270 g/mol. The lowest BCUT2D eigenvalue weighted by Crippen LogP contribution is -2.21.